The minimum absolute atomic E-state index is 0.284. The molecule has 98 valence electrons. The van der Waals surface area contributed by atoms with Gasteiger partial charge in [-0.15, -0.1) is 6.42 Å². The molecule has 0 aromatic carbocycles. The first-order valence-electron chi connectivity index (χ1n) is 6.19. The van der Waals surface area contributed by atoms with Crippen LogP contribution in [0.5, 0.6) is 0 Å². The van der Waals surface area contributed by atoms with E-state index in [-0.39, 0.29) is 6.61 Å². The molecule has 0 aromatic heterocycles. The van der Waals surface area contributed by atoms with Crippen LogP contribution >= 0.6 is 0 Å². The van der Waals surface area contributed by atoms with Crippen LogP contribution in [0.3, 0.4) is 0 Å². The fourth-order valence-electron chi connectivity index (χ4n) is 1.66. The molecule has 2 atom stereocenters. The number of rotatable bonds is 6. The molecule has 1 aliphatic rings. The highest BCUT2D eigenvalue weighted by molar-refractivity contribution is 5.05. The van der Waals surface area contributed by atoms with Crippen molar-refractivity contribution in [1.82, 2.24) is 4.90 Å². The summed E-state index contributed by atoms with van der Waals surface area (Å²) in [4.78, 5) is 2.18. The lowest BCUT2D eigenvalue weighted by Gasteiger charge is -2.30. The van der Waals surface area contributed by atoms with Crippen molar-refractivity contribution < 1.29 is 14.6 Å². The first-order chi connectivity index (χ1) is 8.09. The van der Waals surface area contributed by atoms with Gasteiger partial charge in [0.25, 0.3) is 0 Å². The molecule has 0 aromatic rings. The summed E-state index contributed by atoms with van der Waals surface area (Å²) in [5, 5.41) is 9.88. The third-order valence-corrected chi connectivity index (χ3v) is 3.15. The SMILES string of the molecule is C#C[C@](C)(CC)OC[C@@H](O)CN1CCOCC1. The van der Waals surface area contributed by atoms with Crippen molar-refractivity contribution in [2.24, 2.45) is 0 Å². The molecule has 0 bridgehead atoms. The molecule has 0 amide bonds. The highest BCUT2D eigenvalue weighted by atomic mass is 16.5. The Hall–Kier alpha value is -0.600. The summed E-state index contributed by atoms with van der Waals surface area (Å²) >= 11 is 0. The maximum atomic E-state index is 9.88. The predicted octanol–water partition coefficient (Wildman–Crippen LogP) is 0.498. The van der Waals surface area contributed by atoms with Crippen molar-refractivity contribution in [2.45, 2.75) is 32.0 Å². The fourth-order valence-corrected chi connectivity index (χ4v) is 1.66. The predicted molar refractivity (Wildman–Crippen MR) is 66.7 cm³/mol. The molecule has 4 nitrogen and oxygen atoms in total. The van der Waals surface area contributed by atoms with Gasteiger partial charge in [0, 0.05) is 19.6 Å². The standard InChI is InChI=1S/C13H23NO3/c1-4-13(3,5-2)17-11-12(15)10-14-6-8-16-9-7-14/h1,12,15H,5-11H2,2-3H3/t12-,13+/m0/s1. The van der Waals surface area contributed by atoms with E-state index in [1.54, 1.807) is 0 Å². The zero-order valence-electron chi connectivity index (χ0n) is 10.8. The van der Waals surface area contributed by atoms with Crippen LogP contribution in [0.2, 0.25) is 0 Å². The van der Waals surface area contributed by atoms with Crippen LogP contribution in [0, 0.1) is 12.3 Å². The lowest BCUT2D eigenvalue weighted by molar-refractivity contribution is -0.0558. The van der Waals surface area contributed by atoms with Crippen LogP contribution < -0.4 is 0 Å². The second-order valence-corrected chi connectivity index (χ2v) is 4.61. The topological polar surface area (TPSA) is 41.9 Å². The van der Waals surface area contributed by atoms with Crippen LogP contribution in [0.4, 0.5) is 0 Å². The molecule has 17 heavy (non-hydrogen) atoms. The van der Waals surface area contributed by atoms with E-state index in [1.807, 2.05) is 13.8 Å². The largest absolute Gasteiger partial charge is 0.389 e. The van der Waals surface area contributed by atoms with Crippen molar-refractivity contribution in [3.8, 4) is 12.3 Å². The summed E-state index contributed by atoms with van der Waals surface area (Å²) in [7, 11) is 0. The van der Waals surface area contributed by atoms with E-state index in [0.717, 1.165) is 32.7 Å². The van der Waals surface area contributed by atoms with Gasteiger partial charge in [-0.1, -0.05) is 12.8 Å². The van der Waals surface area contributed by atoms with Gasteiger partial charge in [0.1, 0.15) is 5.60 Å². The molecule has 1 fully saturated rings. The maximum Gasteiger partial charge on any atom is 0.125 e. The average Bonchev–Trinajstić information content (AvgIpc) is 2.37. The van der Waals surface area contributed by atoms with Gasteiger partial charge in [-0.25, -0.2) is 0 Å². The molecule has 0 unspecified atom stereocenters. The summed E-state index contributed by atoms with van der Waals surface area (Å²) in [5.74, 6) is 2.62. The highest BCUT2D eigenvalue weighted by Gasteiger charge is 2.22. The Balaban J connectivity index is 2.24. The van der Waals surface area contributed by atoms with Crippen molar-refractivity contribution in [3.05, 3.63) is 0 Å². The minimum Gasteiger partial charge on any atom is -0.389 e. The number of aliphatic hydroxyl groups excluding tert-OH is 1. The van der Waals surface area contributed by atoms with Crippen LogP contribution in [-0.4, -0.2) is 61.2 Å². The number of hydrogen-bond donors (Lipinski definition) is 1. The molecule has 0 radical (unpaired) electrons. The highest BCUT2D eigenvalue weighted by Crippen LogP contribution is 2.14. The van der Waals surface area contributed by atoms with E-state index in [1.165, 1.54) is 0 Å². The molecule has 1 rings (SSSR count). The lowest BCUT2D eigenvalue weighted by Crippen LogP contribution is -2.43. The van der Waals surface area contributed by atoms with Gasteiger partial charge in [0.15, 0.2) is 0 Å². The minimum atomic E-state index is -0.564. The zero-order chi connectivity index (χ0) is 12.7. The summed E-state index contributed by atoms with van der Waals surface area (Å²) in [6.45, 7) is 7.98. The summed E-state index contributed by atoms with van der Waals surface area (Å²) in [5.41, 5.74) is -0.564. The lowest BCUT2D eigenvalue weighted by atomic mass is 10.1. The molecular weight excluding hydrogens is 218 g/mol. The normalized spacial score (nSPS) is 22.7. The van der Waals surface area contributed by atoms with Gasteiger partial charge >= 0.3 is 0 Å². The van der Waals surface area contributed by atoms with E-state index in [0.29, 0.717) is 6.54 Å². The number of terminal acetylenes is 1. The monoisotopic (exact) mass is 241 g/mol. The molecule has 1 saturated heterocycles. The molecule has 0 saturated carbocycles. The van der Waals surface area contributed by atoms with Gasteiger partial charge < -0.3 is 14.6 Å². The number of ether oxygens (including phenoxy) is 2. The maximum absolute atomic E-state index is 9.88. The Morgan fingerprint density at radius 3 is 2.71 bits per heavy atom. The van der Waals surface area contributed by atoms with Gasteiger partial charge in [0.05, 0.1) is 25.9 Å². The van der Waals surface area contributed by atoms with Crippen molar-refractivity contribution >= 4 is 0 Å². The first-order valence-corrected chi connectivity index (χ1v) is 6.19. The Kier molecular flexibility index (Phi) is 5.93. The third-order valence-electron chi connectivity index (χ3n) is 3.15. The molecule has 1 N–H and O–H groups in total. The first kappa shape index (κ1) is 14.5. The number of morpholine rings is 1. The number of nitrogens with zero attached hydrogens (tertiary/aromatic N) is 1. The van der Waals surface area contributed by atoms with Gasteiger partial charge in [-0.3, -0.25) is 4.90 Å². The molecule has 4 heteroatoms. The molecule has 0 aliphatic carbocycles. The van der Waals surface area contributed by atoms with Crippen LogP contribution in [0.15, 0.2) is 0 Å². The van der Waals surface area contributed by atoms with E-state index in [9.17, 15) is 5.11 Å². The molecule has 0 spiro atoms. The number of hydrogen-bond acceptors (Lipinski definition) is 4. The second kappa shape index (κ2) is 6.97. The zero-order valence-corrected chi connectivity index (χ0v) is 10.8. The number of β-amino-alcohol motifs (C(OH)–C–C–N with tert-alkyl or cyclic N) is 1. The summed E-state index contributed by atoms with van der Waals surface area (Å²) < 4.78 is 10.8. The average molecular weight is 241 g/mol. The van der Waals surface area contributed by atoms with E-state index >= 15 is 0 Å². The second-order valence-electron chi connectivity index (χ2n) is 4.61. The van der Waals surface area contributed by atoms with E-state index in [2.05, 4.69) is 10.8 Å². The summed E-state index contributed by atoms with van der Waals surface area (Å²) in [6, 6.07) is 0. The fraction of sp³-hybridized carbons (Fsp3) is 0.846. The van der Waals surface area contributed by atoms with Gasteiger partial charge in [-0.2, -0.15) is 0 Å². The Bertz CT molecular complexity index is 258. The smallest absolute Gasteiger partial charge is 0.125 e. The third kappa shape index (κ3) is 5.05. The van der Waals surface area contributed by atoms with E-state index in [4.69, 9.17) is 15.9 Å². The van der Waals surface area contributed by atoms with Crippen molar-refractivity contribution in [3.63, 3.8) is 0 Å². The van der Waals surface area contributed by atoms with Crippen LogP contribution in [-0.2, 0) is 9.47 Å². The molecular formula is C13H23NO3. The van der Waals surface area contributed by atoms with Gasteiger partial charge in [-0.05, 0) is 13.3 Å². The van der Waals surface area contributed by atoms with Crippen molar-refractivity contribution in [2.75, 3.05) is 39.5 Å². The van der Waals surface area contributed by atoms with Gasteiger partial charge in [0.2, 0.25) is 0 Å². The Morgan fingerprint density at radius 2 is 2.18 bits per heavy atom. The van der Waals surface area contributed by atoms with Crippen LogP contribution in [0.25, 0.3) is 0 Å². The summed E-state index contributed by atoms with van der Waals surface area (Å²) in [6.07, 6.45) is 5.66. The number of aliphatic hydroxyl groups is 1. The van der Waals surface area contributed by atoms with Crippen LogP contribution in [0.1, 0.15) is 20.3 Å². The molecule has 1 heterocycles. The Morgan fingerprint density at radius 1 is 1.53 bits per heavy atom. The quantitative estimate of drug-likeness (QED) is 0.688. The van der Waals surface area contributed by atoms with E-state index < -0.39 is 11.7 Å². The molecule has 1 aliphatic heterocycles. The Labute approximate surface area is 104 Å². The van der Waals surface area contributed by atoms with Crippen molar-refractivity contribution in [1.29, 1.82) is 0 Å².